The van der Waals surface area contributed by atoms with Crippen molar-refractivity contribution < 1.29 is 14.3 Å². The second kappa shape index (κ2) is 10.8. The predicted molar refractivity (Wildman–Crippen MR) is 104 cm³/mol. The second-order valence-electron chi connectivity index (χ2n) is 7.10. The molecule has 0 aromatic heterocycles. The fraction of sp³-hybridized carbons (Fsp3) is 0.619. The summed E-state index contributed by atoms with van der Waals surface area (Å²) >= 11 is 0. The maximum atomic E-state index is 12.8. The van der Waals surface area contributed by atoms with Crippen LogP contribution in [0.5, 0.6) is 5.75 Å². The van der Waals surface area contributed by atoms with Gasteiger partial charge in [0.2, 0.25) is 0 Å². The summed E-state index contributed by atoms with van der Waals surface area (Å²) in [6.07, 6.45) is 3.72. The quantitative estimate of drug-likeness (QED) is 0.569. The molecule has 5 nitrogen and oxygen atoms in total. The van der Waals surface area contributed by atoms with Gasteiger partial charge in [0.1, 0.15) is 17.4 Å². The minimum Gasteiger partial charge on any atom is -0.493 e. The number of rotatable bonds is 11. The first-order valence-electron chi connectivity index (χ1n) is 9.48. The van der Waals surface area contributed by atoms with Gasteiger partial charge in [-0.05, 0) is 44.4 Å². The highest BCUT2D eigenvalue weighted by molar-refractivity contribution is 5.98. The van der Waals surface area contributed by atoms with Crippen LogP contribution in [0, 0.1) is 17.2 Å². The van der Waals surface area contributed by atoms with E-state index in [0.29, 0.717) is 42.6 Å². The fourth-order valence-electron chi connectivity index (χ4n) is 2.61. The molecule has 1 amide bonds. The normalized spacial score (nSPS) is 13.1. The highest BCUT2D eigenvalue weighted by Gasteiger charge is 2.33. The van der Waals surface area contributed by atoms with Crippen LogP contribution in [0.25, 0.3) is 0 Å². The summed E-state index contributed by atoms with van der Waals surface area (Å²) in [6, 6.07) is 7.27. The largest absolute Gasteiger partial charge is 0.493 e. The van der Waals surface area contributed by atoms with Gasteiger partial charge in [0.05, 0.1) is 17.9 Å². The standard InChI is InChI=1S/C21H32N2O3/c1-6-8-9-12-21(5,26-7-2)20(24)23-19-11-10-18(13-17(19)14-22)25-15-16(3)4/h10-11,13,16H,6-9,12,15H2,1-5H3,(H,23,24). The van der Waals surface area contributed by atoms with Gasteiger partial charge in [-0.2, -0.15) is 5.26 Å². The summed E-state index contributed by atoms with van der Waals surface area (Å²) in [5, 5.41) is 12.3. The van der Waals surface area contributed by atoms with Crippen LogP contribution in [-0.2, 0) is 9.53 Å². The first kappa shape index (κ1) is 22.0. The van der Waals surface area contributed by atoms with E-state index in [2.05, 4.69) is 32.2 Å². The van der Waals surface area contributed by atoms with E-state index < -0.39 is 5.60 Å². The number of nitrogens with one attached hydrogen (secondary N) is 1. The molecule has 0 fully saturated rings. The van der Waals surface area contributed by atoms with Gasteiger partial charge in [-0.3, -0.25) is 4.79 Å². The summed E-state index contributed by atoms with van der Waals surface area (Å²) in [5.74, 6) is 0.807. The molecule has 1 rings (SSSR count). The number of hydrogen-bond acceptors (Lipinski definition) is 4. The molecule has 1 aromatic carbocycles. The van der Waals surface area contributed by atoms with E-state index >= 15 is 0 Å². The monoisotopic (exact) mass is 360 g/mol. The number of nitrogens with zero attached hydrogens (tertiary/aromatic N) is 1. The number of benzene rings is 1. The van der Waals surface area contributed by atoms with E-state index in [0.717, 1.165) is 19.3 Å². The zero-order valence-electron chi connectivity index (χ0n) is 16.7. The minimum atomic E-state index is -0.899. The lowest BCUT2D eigenvalue weighted by Crippen LogP contribution is -2.43. The zero-order valence-corrected chi connectivity index (χ0v) is 16.7. The van der Waals surface area contributed by atoms with Crippen LogP contribution in [-0.4, -0.2) is 24.7 Å². The molecular formula is C21H32N2O3. The van der Waals surface area contributed by atoms with E-state index in [4.69, 9.17) is 9.47 Å². The predicted octanol–water partition coefficient (Wildman–Crippen LogP) is 4.91. The summed E-state index contributed by atoms with van der Waals surface area (Å²) in [7, 11) is 0. The van der Waals surface area contributed by atoms with E-state index in [1.165, 1.54) is 0 Å². The Labute approximate surface area is 157 Å². The van der Waals surface area contributed by atoms with Crippen LogP contribution >= 0.6 is 0 Å². The van der Waals surface area contributed by atoms with E-state index in [9.17, 15) is 10.1 Å². The highest BCUT2D eigenvalue weighted by atomic mass is 16.5. The van der Waals surface area contributed by atoms with Crippen molar-refractivity contribution in [2.45, 2.75) is 65.9 Å². The van der Waals surface area contributed by atoms with Gasteiger partial charge < -0.3 is 14.8 Å². The molecule has 1 aromatic rings. The molecule has 0 spiro atoms. The molecule has 144 valence electrons. The van der Waals surface area contributed by atoms with Gasteiger partial charge in [-0.15, -0.1) is 0 Å². The Morgan fingerprint density at radius 2 is 2.04 bits per heavy atom. The number of carbonyl (C=O) groups excluding carboxylic acids is 1. The molecule has 0 saturated heterocycles. The topological polar surface area (TPSA) is 71.3 Å². The van der Waals surface area contributed by atoms with Gasteiger partial charge in [0, 0.05) is 6.61 Å². The molecule has 0 aliphatic heterocycles. The van der Waals surface area contributed by atoms with Gasteiger partial charge >= 0.3 is 0 Å². The number of carbonyl (C=O) groups is 1. The van der Waals surface area contributed by atoms with Crippen molar-refractivity contribution in [2.75, 3.05) is 18.5 Å². The van der Waals surface area contributed by atoms with Crippen molar-refractivity contribution >= 4 is 11.6 Å². The van der Waals surface area contributed by atoms with Gasteiger partial charge in [0.25, 0.3) is 5.91 Å². The molecule has 1 atom stereocenters. The molecule has 0 heterocycles. The first-order chi connectivity index (χ1) is 12.4. The summed E-state index contributed by atoms with van der Waals surface area (Å²) in [5.41, 5.74) is -0.0356. The molecule has 1 N–H and O–H groups in total. The summed E-state index contributed by atoms with van der Waals surface area (Å²) in [6.45, 7) is 11.0. The Morgan fingerprint density at radius 1 is 1.31 bits per heavy atom. The number of nitriles is 1. The van der Waals surface area contributed by atoms with E-state index in [-0.39, 0.29) is 5.91 Å². The molecule has 5 heteroatoms. The third-order valence-electron chi connectivity index (χ3n) is 4.14. The van der Waals surface area contributed by atoms with Crippen LogP contribution in [0.15, 0.2) is 18.2 Å². The lowest BCUT2D eigenvalue weighted by molar-refractivity contribution is -0.139. The Morgan fingerprint density at radius 3 is 2.62 bits per heavy atom. The molecule has 1 unspecified atom stereocenters. The van der Waals surface area contributed by atoms with Crippen LogP contribution in [0.3, 0.4) is 0 Å². The SMILES string of the molecule is CCCCCC(C)(OCC)C(=O)Nc1ccc(OCC(C)C)cc1C#N. The van der Waals surface area contributed by atoms with Crippen LogP contribution in [0.1, 0.15) is 65.9 Å². The molecule has 0 aliphatic carbocycles. The Hall–Kier alpha value is -2.06. The van der Waals surface area contributed by atoms with Crippen molar-refractivity contribution in [1.29, 1.82) is 5.26 Å². The fourth-order valence-corrected chi connectivity index (χ4v) is 2.61. The molecule has 0 radical (unpaired) electrons. The lowest BCUT2D eigenvalue weighted by Gasteiger charge is -2.28. The Kier molecular flexibility index (Phi) is 9.15. The van der Waals surface area contributed by atoms with Crippen molar-refractivity contribution in [3.8, 4) is 11.8 Å². The lowest BCUT2D eigenvalue weighted by atomic mass is 9.96. The number of anilines is 1. The summed E-state index contributed by atoms with van der Waals surface area (Å²) < 4.78 is 11.4. The van der Waals surface area contributed by atoms with Crippen molar-refractivity contribution in [3.63, 3.8) is 0 Å². The van der Waals surface area contributed by atoms with E-state index in [1.807, 2.05) is 13.8 Å². The maximum Gasteiger partial charge on any atom is 0.256 e. The van der Waals surface area contributed by atoms with Crippen molar-refractivity contribution in [1.82, 2.24) is 0 Å². The number of hydrogen-bond donors (Lipinski definition) is 1. The van der Waals surface area contributed by atoms with Gasteiger partial charge in [-0.1, -0.05) is 40.0 Å². The number of ether oxygens (including phenoxy) is 2. The second-order valence-corrected chi connectivity index (χ2v) is 7.10. The van der Waals surface area contributed by atoms with Crippen LogP contribution < -0.4 is 10.1 Å². The first-order valence-corrected chi connectivity index (χ1v) is 9.48. The zero-order chi connectivity index (χ0) is 19.6. The molecular weight excluding hydrogens is 328 g/mol. The Balaban J connectivity index is 2.90. The number of amides is 1. The summed E-state index contributed by atoms with van der Waals surface area (Å²) in [4.78, 5) is 12.8. The number of unbranched alkanes of at least 4 members (excludes halogenated alkanes) is 2. The van der Waals surface area contributed by atoms with Gasteiger partial charge in [-0.25, -0.2) is 0 Å². The van der Waals surface area contributed by atoms with Crippen molar-refractivity contribution in [2.24, 2.45) is 5.92 Å². The molecule has 0 aliphatic rings. The van der Waals surface area contributed by atoms with Crippen molar-refractivity contribution in [3.05, 3.63) is 23.8 Å². The van der Waals surface area contributed by atoms with Crippen LogP contribution in [0.4, 0.5) is 5.69 Å². The average Bonchev–Trinajstić information content (AvgIpc) is 2.61. The van der Waals surface area contributed by atoms with Crippen LogP contribution in [0.2, 0.25) is 0 Å². The van der Waals surface area contributed by atoms with Gasteiger partial charge in [0.15, 0.2) is 0 Å². The van der Waals surface area contributed by atoms with E-state index in [1.54, 1.807) is 18.2 Å². The molecule has 0 bridgehead atoms. The molecule has 0 saturated carbocycles. The Bertz CT molecular complexity index is 622. The highest BCUT2D eigenvalue weighted by Crippen LogP contribution is 2.26. The minimum absolute atomic E-state index is 0.220. The maximum absolute atomic E-state index is 12.8. The third kappa shape index (κ3) is 6.68. The molecule has 26 heavy (non-hydrogen) atoms. The smallest absolute Gasteiger partial charge is 0.256 e. The third-order valence-corrected chi connectivity index (χ3v) is 4.14. The average molecular weight is 360 g/mol.